The minimum Gasteiger partial charge on any atom is -0.454 e. The smallest absolute Gasteiger partial charge is 0.338 e. The lowest BCUT2D eigenvalue weighted by molar-refractivity contribution is -0.160. The van der Waals surface area contributed by atoms with E-state index in [4.69, 9.17) is 14.2 Å². The zero-order valence-electron chi connectivity index (χ0n) is 21.1. The van der Waals surface area contributed by atoms with E-state index in [1.807, 2.05) is 42.5 Å². The van der Waals surface area contributed by atoms with Crippen molar-refractivity contribution in [3.05, 3.63) is 143 Å². The molecule has 0 aromatic heterocycles. The van der Waals surface area contributed by atoms with Crippen LogP contribution < -0.4 is 0 Å². The minimum atomic E-state index is -1.03. The molecular weight excluding hydrogens is 476 g/mol. The molecule has 4 aromatic carbocycles. The summed E-state index contributed by atoms with van der Waals surface area (Å²) in [6, 6.07) is 34.1. The normalized spacial score (nSPS) is 29.4. The molecule has 188 valence electrons. The number of esters is 2. The first-order chi connectivity index (χ1) is 18.5. The largest absolute Gasteiger partial charge is 0.454 e. The number of hydrogen-bond acceptors (Lipinski definition) is 5. The van der Waals surface area contributed by atoms with E-state index in [0.29, 0.717) is 11.1 Å². The first-order valence-electron chi connectivity index (χ1n) is 12.8. The second-order valence-electron chi connectivity index (χ2n) is 10.4. The fraction of sp³-hybridized carbons (Fsp3) is 0.212. The maximum atomic E-state index is 13.5. The lowest BCUT2D eigenvalue weighted by atomic mass is 9.36. The van der Waals surface area contributed by atoms with Crippen LogP contribution in [0.4, 0.5) is 0 Å². The van der Waals surface area contributed by atoms with Gasteiger partial charge in [-0.25, -0.2) is 9.59 Å². The second-order valence-corrected chi connectivity index (χ2v) is 10.4. The van der Waals surface area contributed by atoms with Crippen LogP contribution in [0.5, 0.6) is 0 Å². The highest BCUT2D eigenvalue weighted by Crippen LogP contribution is 2.81. The summed E-state index contributed by atoms with van der Waals surface area (Å²) in [6.45, 7) is 2.11. The van der Waals surface area contributed by atoms with Crippen molar-refractivity contribution >= 4 is 11.9 Å². The fourth-order valence-corrected chi connectivity index (χ4v) is 7.63. The molecule has 0 heterocycles. The van der Waals surface area contributed by atoms with Crippen LogP contribution in [0, 0.1) is 0 Å². The maximum absolute atomic E-state index is 13.5. The van der Waals surface area contributed by atoms with Crippen molar-refractivity contribution < 1.29 is 23.8 Å². The number of benzene rings is 4. The summed E-state index contributed by atoms with van der Waals surface area (Å²) in [5, 5.41) is 0. The summed E-state index contributed by atoms with van der Waals surface area (Å²) >= 11 is 0. The van der Waals surface area contributed by atoms with Crippen molar-refractivity contribution in [2.45, 2.75) is 35.6 Å². The molecule has 5 nitrogen and oxygen atoms in total. The average molecular weight is 503 g/mol. The van der Waals surface area contributed by atoms with E-state index in [1.165, 1.54) is 0 Å². The predicted molar refractivity (Wildman–Crippen MR) is 141 cm³/mol. The quantitative estimate of drug-likeness (QED) is 0.334. The summed E-state index contributed by atoms with van der Waals surface area (Å²) in [6.07, 6.45) is -1.69. The Kier molecular flexibility index (Phi) is 4.76. The van der Waals surface area contributed by atoms with Gasteiger partial charge in [0.25, 0.3) is 0 Å². The molecule has 7 rings (SSSR count). The van der Waals surface area contributed by atoms with Crippen LogP contribution in [0.25, 0.3) is 0 Å². The molecule has 1 spiro atoms. The van der Waals surface area contributed by atoms with Crippen LogP contribution in [-0.2, 0) is 30.6 Å². The highest BCUT2D eigenvalue weighted by Gasteiger charge is 2.89. The van der Waals surface area contributed by atoms with Crippen molar-refractivity contribution in [2.75, 3.05) is 7.11 Å². The molecule has 3 aliphatic carbocycles. The zero-order chi connectivity index (χ0) is 26.1. The Morgan fingerprint density at radius 2 is 1.00 bits per heavy atom. The third kappa shape index (κ3) is 2.45. The molecule has 5 heteroatoms. The Labute approximate surface area is 221 Å². The molecule has 1 saturated carbocycles. The predicted octanol–water partition coefficient (Wildman–Crippen LogP) is 5.56. The van der Waals surface area contributed by atoms with Gasteiger partial charge in [-0.2, -0.15) is 0 Å². The average Bonchev–Trinajstić information content (AvgIpc) is 3.08. The van der Waals surface area contributed by atoms with Gasteiger partial charge in [-0.3, -0.25) is 0 Å². The third-order valence-electron chi connectivity index (χ3n) is 9.01. The van der Waals surface area contributed by atoms with E-state index in [2.05, 4.69) is 25.1 Å². The number of rotatable bonds is 5. The van der Waals surface area contributed by atoms with Crippen LogP contribution in [0.2, 0.25) is 0 Å². The highest BCUT2D eigenvalue weighted by molar-refractivity contribution is 5.91. The Morgan fingerprint density at radius 1 is 0.579 bits per heavy atom. The molecule has 4 aromatic rings. The molecule has 3 aliphatic rings. The Hall–Kier alpha value is -4.22. The lowest BCUT2D eigenvalue weighted by Gasteiger charge is -2.67. The van der Waals surface area contributed by atoms with Crippen LogP contribution in [-0.4, -0.2) is 31.3 Å². The molecule has 0 aliphatic heterocycles. The molecule has 0 amide bonds. The van der Waals surface area contributed by atoms with Crippen LogP contribution >= 0.6 is 0 Å². The van der Waals surface area contributed by atoms with Crippen molar-refractivity contribution in [1.29, 1.82) is 0 Å². The molecular formula is C33H26O5. The Bertz CT molecular complexity index is 1580. The second kappa shape index (κ2) is 7.89. The molecule has 1 fully saturated rings. The van der Waals surface area contributed by atoms with Crippen LogP contribution in [0.15, 0.2) is 109 Å². The zero-order valence-corrected chi connectivity index (χ0v) is 21.1. The van der Waals surface area contributed by atoms with Gasteiger partial charge in [0.15, 0.2) is 12.2 Å². The number of hydrogen-bond donors (Lipinski definition) is 0. The summed E-state index contributed by atoms with van der Waals surface area (Å²) in [5.74, 6) is -0.949. The standard InChI is InChI=1S/C33H26O5/c1-31-23-17-9-10-18-24(23)32(31)25-19-11-12-20-26(25)33(32,36-2)28(38-30(35)22-15-7-4-8-16-22)27(31)37-29(34)21-13-5-3-6-14-21/h3-20,27-28H,1-2H3/t27?,28?,31-,32+,33?/m0/s1. The van der Waals surface area contributed by atoms with Gasteiger partial charge in [0.1, 0.15) is 5.60 Å². The molecule has 0 N–H and O–H groups in total. The molecule has 0 bridgehead atoms. The van der Waals surface area contributed by atoms with Gasteiger partial charge in [-0.05, 0) is 46.5 Å². The van der Waals surface area contributed by atoms with Crippen molar-refractivity contribution in [3.8, 4) is 0 Å². The highest BCUT2D eigenvalue weighted by atomic mass is 16.6. The van der Waals surface area contributed by atoms with Gasteiger partial charge in [0.05, 0.1) is 22.0 Å². The van der Waals surface area contributed by atoms with E-state index in [1.54, 1.807) is 55.6 Å². The van der Waals surface area contributed by atoms with Crippen LogP contribution in [0.1, 0.15) is 49.9 Å². The summed E-state index contributed by atoms with van der Waals surface area (Å²) in [5.41, 5.74) is 2.74. The Balaban J connectivity index is 1.44. The van der Waals surface area contributed by atoms with E-state index in [9.17, 15) is 9.59 Å². The molecule has 0 radical (unpaired) electrons. The van der Waals surface area contributed by atoms with Crippen molar-refractivity contribution in [3.63, 3.8) is 0 Å². The third-order valence-corrected chi connectivity index (χ3v) is 9.01. The van der Waals surface area contributed by atoms with Crippen molar-refractivity contribution in [1.82, 2.24) is 0 Å². The van der Waals surface area contributed by atoms with Gasteiger partial charge < -0.3 is 14.2 Å². The number of carbonyl (C=O) groups excluding carboxylic acids is 2. The van der Waals surface area contributed by atoms with Gasteiger partial charge in [-0.15, -0.1) is 0 Å². The fourth-order valence-electron chi connectivity index (χ4n) is 7.63. The van der Waals surface area contributed by atoms with Crippen molar-refractivity contribution in [2.24, 2.45) is 0 Å². The topological polar surface area (TPSA) is 61.8 Å². The summed E-state index contributed by atoms with van der Waals surface area (Å²) < 4.78 is 19.2. The number of ether oxygens (including phenoxy) is 3. The summed E-state index contributed by atoms with van der Waals surface area (Å²) in [7, 11) is 1.66. The minimum absolute atomic E-state index is 0.426. The molecule has 0 saturated heterocycles. The van der Waals surface area contributed by atoms with Gasteiger partial charge in [0, 0.05) is 7.11 Å². The SMILES string of the molecule is COC12c3ccccc3[C@@]13c1ccccc1[C@@]3(C)C(OC(=O)c1ccccc1)C2OC(=O)c1ccccc1. The number of fused-ring (bicyclic) bond motifs is 4. The van der Waals surface area contributed by atoms with Gasteiger partial charge in [-0.1, -0.05) is 91.9 Å². The summed E-state index contributed by atoms with van der Waals surface area (Å²) in [4.78, 5) is 27.1. The van der Waals surface area contributed by atoms with E-state index >= 15 is 0 Å². The van der Waals surface area contributed by atoms with Gasteiger partial charge in [0.2, 0.25) is 0 Å². The first-order valence-corrected chi connectivity index (χ1v) is 12.8. The van der Waals surface area contributed by atoms with Gasteiger partial charge >= 0.3 is 11.9 Å². The number of carbonyl (C=O) groups is 2. The van der Waals surface area contributed by atoms with E-state index < -0.39 is 40.6 Å². The monoisotopic (exact) mass is 502 g/mol. The number of methoxy groups -OCH3 is 1. The molecule has 3 unspecified atom stereocenters. The first kappa shape index (κ1) is 22.9. The molecule has 38 heavy (non-hydrogen) atoms. The van der Waals surface area contributed by atoms with E-state index in [-0.39, 0.29) is 0 Å². The van der Waals surface area contributed by atoms with E-state index in [0.717, 1.165) is 22.3 Å². The lowest BCUT2D eigenvalue weighted by Crippen LogP contribution is -2.71. The Morgan fingerprint density at radius 3 is 1.53 bits per heavy atom. The maximum Gasteiger partial charge on any atom is 0.338 e. The molecule has 5 atom stereocenters. The van der Waals surface area contributed by atoms with Crippen LogP contribution in [0.3, 0.4) is 0 Å².